The monoisotopic (exact) mass is 178 g/mol. The van der Waals surface area contributed by atoms with Crippen molar-refractivity contribution < 1.29 is 15.0 Å². The lowest BCUT2D eigenvalue weighted by molar-refractivity contribution is -0.138. The summed E-state index contributed by atoms with van der Waals surface area (Å²) < 4.78 is 0. The third-order valence-electron chi connectivity index (χ3n) is 1.29. The molecule has 0 rings (SSSR count). The summed E-state index contributed by atoms with van der Waals surface area (Å²) in [5.74, 6) is -0.933. The molecule has 0 aromatic heterocycles. The van der Waals surface area contributed by atoms with E-state index in [1.807, 2.05) is 0 Å². The SMILES string of the molecule is CO.NCCCC[C@H](N)C(=O)O. The maximum absolute atomic E-state index is 10.1. The van der Waals surface area contributed by atoms with Gasteiger partial charge in [-0.25, -0.2) is 0 Å². The molecule has 0 fully saturated rings. The number of carboxylic acid groups (broad SMARTS) is 1. The Labute approximate surface area is 72.4 Å². The van der Waals surface area contributed by atoms with Crippen LogP contribution < -0.4 is 11.5 Å². The third-order valence-corrected chi connectivity index (χ3v) is 1.29. The van der Waals surface area contributed by atoms with Gasteiger partial charge in [-0.05, 0) is 19.4 Å². The van der Waals surface area contributed by atoms with E-state index in [9.17, 15) is 4.79 Å². The van der Waals surface area contributed by atoms with Crippen LogP contribution >= 0.6 is 0 Å². The van der Waals surface area contributed by atoms with E-state index in [-0.39, 0.29) is 0 Å². The highest BCUT2D eigenvalue weighted by molar-refractivity contribution is 5.72. The molecule has 0 saturated carbocycles. The average Bonchev–Trinajstić information content (AvgIpc) is 2.08. The van der Waals surface area contributed by atoms with Gasteiger partial charge in [0.05, 0.1) is 0 Å². The van der Waals surface area contributed by atoms with Gasteiger partial charge in [0.15, 0.2) is 0 Å². The average molecular weight is 178 g/mol. The first-order valence-electron chi connectivity index (χ1n) is 3.81. The first-order chi connectivity index (χ1) is 5.68. The van der Waals surface area contributed by atoms with Crippen molar-refractivity contribution in [3.8, 4) is 0 Å². The zero-order valence-corrected chi connectivity index (χ0v) is 7.36. The number of carbonyl (C=O) groups is 1. The quantitative estimate of drug-likeness (QED) is 0.409. The van der Waals surface area contributed by atoms with Crippen LogP contribution in [0.15, 0.2) is 0 Å². The standard InChI is InChI=1S/C6H14N2O2.CH4O/c7-4-2-1-3-5(8)6(9)10;1-2/h5H,1-4,7-8H2,(H,9,10);2H,1H3/t5-;/m0./s1. The molecule has 0 bridgehead atoms. The molecule has 0 aromatic rings. The zero-order chi connectivity index (χ0) is 9.98. The van der Waals surface area contributed by atoms with Crippen LogP contribution in [0.25, 0.3) is 0 Å². The normalized spacial score (nSPS) is 11.3. The number of aliphatic hydroxyl groups excluding tert-OH is 1. The van der Waals surface area contributed by atoms with Gasteiger partial charge in [-0.1, -0.05) is 6.42 Å². The highest BCUT2D eigenvalue weighted by Crippen LogP contribution is 1.96. The molecule has 5 nitrogen and oxygen atoms in total. The second-order valence-corrected chi connectivity index (χ2v) is 2.23. The molecule has 1 atom stereocenters. The second kappa shape index (κ2) is 10.3. The lowest BCUT2D eigenvalue weighted by Gasteiger charge is -2.03. The van der Waals surface area contributed by atoms with Gasteiger partial charge >= 0.3 is 5.97 Å². The number of aliphatic carboxylic acids is 1. The highest BCUT2D eigenvalue weighted by atomic mass is 16.4. The molecule has 0 saturated heterocycles. The van der Waals surface area contributed by atoms with Crippen molar-refractivity contribution >= 4 is 5.97 Å². The summed E-state index contributed by atoms with van der Waals surface area (Å²) in [5, 5.41) is 15.3. The molecule has 5 heteroatoms. The Hall–Kier alpha value is -0.650. The molecule has 12 heavy (non-hydrogen) atoms. The van der Waals surface area contributed by atoms with Gasteiger partial charge in [-0.2, -0.15) is 0 Å². The molecule has 0 radical (unpaired) electrons. The summed E-state index contributed by atoms with van der Waals surface area (Å²) >= 11 is 0. The van der Waals surface area contributed by atoms with Crippen molar-refractivity contribution in [1.29, 1.82) is 0 Å². The van der Waals surface area contributed by atoms with Crippen LogP contribution in [0.5, 0.6) is 0 Å². The van der Waals surface area contributed by atoms with Crippen LogP contribution in [0.4, 0.5) is 0 Å². The van der Waals surface area contributed by atoms with Crippen LogP contribution in [0.2, 0.25) is 0 Å². The maximum atomic E-state index is 10.1. The highest BCUT2D eigenvalue weighted by Gasteiger charge is 2.09. The van der Waals surface area contributed by atoms with Crippen molar-refractivity contribution in [2.45, 2.75) is 25.3 Å². The molecule has 0 aromatic carbocycles. The van der Waals surface area contributed by atoms with Crippen molar-refractivity contribution in [1.82, 2.24) is 0 Å². The van der Waals surface area contributed by atoms with Crippen molar-refractivity contribution in [3.63, 3.8) is 0 Å². The molecule has 0 amide bonds. The van der Waals surface area contributed by atoms with E-state index in [4.69, 9.17) is 21.7 Å². The van der Waals surface area contributed by atoms with Crippen molar-refractivity contribution in [2.75, 3.05) is 13.7 Å². The molecular formula is C7H18N2O3. The molecule has 74 valence electrons. The maximum Gasteiger partial charge on any atom is 0.320 e. The number of unbranched alkanes of at least 4 members (excludes halogenated alkanes) is 1. The van der Waals surface area contributed by atoms with Gasteiger partial charge in [-0.3, -0.25) is 4.79 Å². The minimum Gasteiger partial charge on any atom is -0.480 e. The Morgan fingerprint density at radius 3 is 2.25 bits per heavy atom. The topological polar surface area (TPSA) is 110 Å². The summed E-state index contributed by atoms with van der Waals surface area (Å²) in [7, 11) is 1.00. The lowest BCUT2D eigenvalue weighted by Crippen LogP contribution is -2.29. The van der Waals surface area contributed by atoms with E-state index in [1.165, 1.54) is 0 Å². The fraction of sp³-hybridized carbons (Fsp3) is 0.857. The minimum absolute atomic E-state index is 0.520. The third kappa shape index (κ3) is 9.35. The van der Waals surface area contributed by atoms with Gasteiger partial charge in [-0.15, -0.1) is 0 Å². The van der Waals surface area contributed by atoms with E-state index in [0.29, 0.717) is 13.0 Å². The van der Waals surface area contributed by atoms with E-state index >= 15 is 0 Å². The fourth-order valence-corrected chi connectivity index (χ4v) is 0.632. The summed E-state index contributed by atoms with van der Waals surface area (Å²) in [6, 6.07) is -0.716. The smallest absolute Gasteiger partial charge is 0.320 e. The lowest BCUT2D eigenvalue weighted by atomic mass is 10.1. The first kappa shape index (κ1) is 13.9. The van der Waals surface area contributed by atoms with E-state index in [1.54, 1.807) is 0 Å². The summed E-state index contributed by atoms with van der Waals surface area (Å²) in [4.78, 5) is 10.1. The van der Waals surface area contributed by atoms with E-state index in [2.05, 4.69) is 0 Å². The molecule has 0 aliphatic heterocycles. The molecule has 0 heterocycles. The zero-order valence-electron chi connectivity index (χ0n) is 7.36. The number of hydrogen-bond acceptors (Lipinski definition) is 4. The number of hydrogen-bond donors (Lipinski definition) is 4. The molecule has 0 aliphatic carbocycles. The minimum atomic E-state index is -0.933. The number of rotatable bonds is 5. The van der Waals surface area contributed by atoms with E-state index in [0.717, 1.165) is 20.0 Å². The van der Waals surface area contributed by atoms with Crippen LogP contribution in [-0.2, 0) is 4.79 Å². The number of carboxylic acids is 1. The fourth-order valence-electron chi connectivity index (χ4n) is 0.632. The second-order valence-electron chi connectivity index (χ2n) is 2.23. The van der Waals surface area contributed by atoms with Crippen LogP contribution in [-0.4, -0.2) is 35.9 Å². The number of aliphatic hydroxyl groups is 1. The number of nitrogens with two attached hydrogens (primary N) is 2. The summed E-state index contributed by atoms with van der Waals surface area (Å²) in [6.07, 6.45) is 2.16. The van der Waals surface area contributed by atoms with E-state index < -0.39 is 12.0 Å². The van der Waals surface area contributed by atoms with Crippen LogP contribution in [0.3, 0.4) is 0 Å². The predicted octanol–water partition coefficient (Wildman–Crippen LogP) is -0.864. The summed E-state index contributed by atoms with van der Waals surface area (Å²) in [5.41, 5.74) is 10.4. The first-order valence-corrected chi connectivity index (χ1v) is 3.81. The van der Waals surface area contributed by atoms with Gasteiger partial charge in [0.1, 0.15) is 6.04 Å². The Morgan fingerprint density at radius 1 is 1.42 bits per heavy atom. The molecule has 0 spiro atoms. The van der Waals surface area contributed by atoms with Gasteiger partial charge in [0.2, 0.25) is 0 Å². The molecular weight excluding hydrogens is 160 g/mol. The summed E-state index contributed by atoms with van der Waals surface area (Å²) in [6.45, 7) is 0.604. The van der Waals surface area contributed by atoms with Crippen LogP contribution in [0.1, 0.15) is 19.3 Å². The Balaban J connectivity index is 0. The van der Waals surface area contributed by atoms with Gasteiger partial charge in [0, 0.05) is 7.11 Å². The van der Waals surface area contributed by atoms with Crippen LogP contribution in [0, 0.1) is 0 Å². The Kier molecular flexibility index (Phi) is 12.0. The van der Waals surface area contributed by atoms with Gasteiger partial charge < -0.3 is 21.7 Å². The van der Waals surface area contributed by atoms with Crippen molar-refractivity contribution in [2.24, 2.45) is 11.5 Å². The van der Waals surface area contributed by atoms with Gasteiger partial charge in [0.25, 0.3) is 0 Å². The Bertz CT molecular complexity index is 109. The predicted molar refractivity (Wildman–Crippen MR) is 46.7 cm³/mol. The molecule has 6 N–H and O–H groups in total. The Morgan fingerprint density at radius 2 is 1.92 bits per heavy atom. The largest absolute Gasteiger partial charge is 0.480 e. The molecule has 0 aliphatic rings. The molecule has 0 unspecified atom stereocenters. The van der Waals surface area contributed by atoms with Crippen molar-refractivity contribution in [3.05, 3.63) is 0 Å².